The van der Waals surface area contributed by atoms with Crippen molar-refractivity contribution in [1.82, 2.24) is 9.71 Å². The van der Waals surface area contributed by atoms with Gasteiger partial charge in [-0.25, -0.2) is 18.1 Å². The molecule has 2 N–H and O–H groups in total. The number of rotatable bonds is 7. The summed E-state index contributed by atoms with van der Waals surface area (Å²) >= 11 is 0. The largest absolute Gasteiger partial charge is 0.369 e. The predicted molar refractivity (Wildman–Crippen MR) is 75.5 cm³/mol. The fraction of sp³-hybridized carbons (Fsp3) is 0.615. The van der Waals surface area contributed by atoms with Gasteiger partial charge in [-0.15, -0.1) is 0 Å². The van der Waals surface area contributed by atoms with Gasteiger partial charge in [-0.2, -0.15) is 0 Å². The molecular formula is C13H21N3O2S. The highest BCUT2D eigenvalue weighted by molar-refractivity contribution is 7.89. The summed E-state index contributed by atoms with van der Waals surface area (Å²) in [6.45, 7) is 5.32. The molecule has 1 aliphatic rings. The van der Waals surface area contributed by atoms with Crippen LogP contribution in [-0.4, -0.2) is 26.5 Å². The lowest BCUT2D eigenvalue weighted by Gasteiger charge is -2.13. The fourth-order valence-corrected chi connectivity index (χ4v) is 3.05. The third-order valence-corrected chi connectivity index (χ3v) is 4.83. The highest BCUT2D eigenvalue weighted by Crippen LogP contribution is 2.44. The number of sulfonamides is 1. The molecule has 0 aromatic carbocycles. The van der Waals surface area contributed by atoms with Crippen molar-refractivity contribution in [3.8, 4) is 0 Å². The van der Waals surface area contributed by atoms with Crippen molar-refractivity contribution in [1.29, 1.82) is 0 Å². The first-order valence-electron chi connectivity index (χ1n) is 6.65. The molecule has 0 bridgehead atoms. The van der Waals surface area contributed by atoms with Crippen LogP contribution in [0.1, 0.15) is 33.1 Å². The molecule has 1 aromatic heterocycles. The second-order valence-corrected chi connectivity index (χ2v) is 7.15. The van der Waals surface area contributed by atoms with Gasteiger partial charge in [0.05, 0.1) is 0 Å². The van der Waals surface area contributed by atoms with E-state index >= 15 is 0 Å². The molecule has 5 nitrogen and oxygen atoms in total. The third kappa shape index (κ3) is 3.67. The zero-order valence-electron chi connectivity index (χ0n) is 11.4. The standard InChI is InChI=1S/C13H21N3O2S/c1-3-8-14-12-11(5-4-9-15-12)19(17,18)16-10-13(2)6-7-13/h4-5,9,16H,3,6-8,10H2,1-2H3,(H,14,15). The van der Waals surface area contributed by atoms with E-state index in [-0.39, 0.29) is 10.3 Å². The highest BCUT2D eigenvalue weighted by atomic mass is 32.2. The first kappa shape index (κ1) is 14.3. The number of hydrogen-bond donors (Lipinski definition) is 2. The van der Waals surface area contributed by atoms with Crippen LogP contribution in [0, 0.1) is 5.41 Å². The lowest BCUT2D eigenvalue weighted by Crippen LogP contribution is -2.30. The lowest BCUT2D eigenvalue weighted by atomic mass is 10.2. The SMILES string of the molecule is CCCNc1ncccc1S(=O)(=O)NCC1(C)CC1. The summed E-state index contributed by atoms with van der Waals surface area (Å²) in [6, 6.07) is 3.23. The van der Waals surface area contributed by atoms with E-state index in [0.29, 0.717) is 18.9 Å². The summed E-state index contributed by atoms with van der Waals surface area (Å²) in [7, 11) is -3.49. The number of anilines is 1. The molecule has 106 valence electrons. The van der Waals surface area contributed by atoms with Gasteiger partial charge in [0.2, 0.25) is 10.0 Å². The number of nitrogens with one attached hydrogen (secondary N) is 2. The Morgan fingerprint density at radius 1 is 1.42 bits per heavy atom. The summed E-state index contributed by atoms with van der Waals surface area (Å²) in [5.74, 6) is 0.429. The number of pyridine rings is 1. The summed E-state index contributed by atoms with van der Waals surface area (Å²) in [5.41, 5.74) is 0.145. The van der Waals surface area contributed by atoms with Gasteiger partial charge < -0.3 is 5.32 Å². The van der Waals surface area contributed by atoms with Crippen LogP contribution in [0.15, 0.2) is 23.2 Å². The third-order valence-electron chi connectivity index (χ3n) is 3.40. The molecule has 0 saturated heterocycles. The van der Waals surface area contributed by atoms with Gasteiger partial charge >= 0.3 is 0 Å². The van der Waals surface area contributed by atoms with Gasteiger partial charge in [0.1, 0.15) is 10.7 Å². The number of nitrogens with zero attached hydrogens (tertiary/aromatic N) is 1. The Hall–Kier alpha value is -1.14. The molecule has 0 unspecified atom stereocenters. The summed E-state index contributed by atoms with van der Waals surface area (Å²) in [4.78, 5) is 4.34. The van der Waals surface area contributed by atoms with E-state index in [0.717, 1.165) is 19.3 Å². The lowest BCUT2D eigenvalue weighted by molar-refractivity contribution is 0.530. The van der Waals surface area contributed by atoms with E-state index in [1.165, 1.54) is 0 Å². The van der Waals surface area contributed by atoms with Gasteiger partial charge in [0, 0.05) is 19.3 Å². The molecule has 1 saturated carbocycles. The minimum atomic E-state index is -3.49. The Bertz CT molecular complexity index is 539. The molecule has 2 rings (SSSR count). The average molecular weight is 283 g/mol. The van der Waals surface area contributed by atoms with E-state index in [1.807, 2.05) is 6.92 Å². The van der Waals surface area contributed by atoms with Crippen LogP contribution >= 0.6 is 0 Å². The summed E-state index contributed by atoms with van der Waals surface area (Å²) in [5, 5.41) is 3.05. The minimum absolute atomic E-state index is 0.145. The minimum Gasteiger partial charge on any atom is -0.369 e. The zero-order valence-corrected chi connectivity index (χ0v) is 12.3. The molecule has 19 heavy (non-hydrogen) atoms. The van der Waals surface area contributed by atoms with Gasteiger partial charge in [-0.3, -0.25) is 0 Å². The normalized spacial score (nSPS) is 17.2. The van der Waals surface area contributed by atoms with Crippen LogP contribution < -0.4 is 10.0 Å². The Morgan fingerprint density at radius 3 is 2.79 bits per heavy atom. The van der Waals surface area contributed by atoms with Gasteiger partial charge in [0.15, 0.2) is 0 Å². The van der Waals surface area contributed by atoms with Crippen LogP contribution in [0.2, 0.25) is 0 Å². The van der Waals surface area contributed by atoms with Crippen molar-refractivity contribution in [2.75, 3.05) is 18.4 Å². The van der Waals surface area contributed by atoms with Crippen molar-refractivity contribution in [3.63, 3.8) is 0 Å². The molecule has 0 amide bonds. The van der Waals surface area contributed by atoms with E-state index in [9.17, 15) is 8.42 Å². The maximum absolute atomic E-state index is 12.3. The van der Waals surface area contributed by atoms with Gasteiger partial charge in [-0.1, -0.05) is 13.8 Å². The first-order chi connectivity index (χ1) is 8.97. The second-order valence-electron chi connectivity index (χ2n) is 5.41. The monoisotopic (exact) mass is 283 g/mol. The molecular weight excluding hydrogens is 262 g/mol. The summed E-state index contributed by atoms with van der Waals surface area (Å²) < 4.78 is 27.3. The van der Waals surface area contributed by atoms with Crippen molar-refractivity contribution < 1.29 is 8.42 Å². The Labute approximate surface area is 114 Å². The molecule has 1 fully saturated rings. The zero-order chi connectivity index (χ0) is 13.9. The molecule has 1 aliphatic carbocycles. The highest BCUT2D eigenvalue weighted by Gasteiger charge is 2.38. The van der Waals surface area contributed by atoms with E-state index in [4.69, 9.17) is 0 Å². The van der Waals surface area contributed by atoms with Gasteiger partial charge in [-0.05, 0) is 36.8 Å². The van der Waals surface area contributed by atoms with Crippen LogP contribution in [-0.2, 0) is 10.0 Å². The van der Waals surface area contributed by atoms with E-state index in [2.05, 4.69) is 21.9 Å². The van der Waals surface area contributed by atoms with Crippen molar-refractivity contribution >= 4 is 15.8 Å². The molecule has 0 atom stereocenters. The van der Waals surface area contributed by atoms with Crippen LogP contribution in [0.5, 0.6) is 0 Å². The first-order valence-corrected chi connectivity index (χ1v) is 8.14. The molecule has 0 spiro atoms. The molecule has 1 aromatic rings. The predicted octanol–water partition coefficient (Wildman–Crippen LogP) is 1.98. The summed E-state index contributed by atoms with van der Waals surface area (Å²) in [6.07, 6.45) is 4.69. The van der Waals surface area contributed by atoms with Crippen molar-refractivity contribution in [2.24, 2.45) is 5.41 Å². The van der Waals surface area contributed by atoms with Crippen molar-refractivity contribution in [3.05, 3.63) is 18.3 Å². The van der Waals surface area contributed by atoms with Crippen LogP contribution in [0.25, 0.3) is 0 Å². The maximum Gasteiger partial charge on any atom is 0.244 e. The fourth-order valence-electron chi connectivity index (χ4n) is 1.72. The maximum atomic E-state index is 12.3. The van der Waals surface area contributed by atoms with Crippen LogP contribution in [0.3, 0.4) is 0 Å². The number of aromatic nitrogens is 1. The van der Waals surface area contributed by atoms with Crippen molar-refractivity contribution in [2.45, 2.75) is 38.0 Å². The Morgan fingerprint density at radius 2 is 2.16 bits per heavy atom. The molecule has 1 heterocycles. The van der Waals surface area contributed by atoms with Gasteiger partial charge in [0.25, 0.3) is 0 Å². The molecule has 6 heteroatoms. The molecule has 0 aliphatic heterocycles. The smallest absolute Gasteiger partial charge is 0.244 e. The molecule has 0 radical (unpaired) electrons. The quantitative estimate of drug-likeness (QED) is 0.802. The average Bonchev–Trinajstić information content (AvgIpc) is 3.13. The topological polar surface area (TPSA) is 71.1 Å². The Balaban J connectivity index is 2.14. The Kier molecular flexibility index (Phi) is 4.10. The second kappa shape index (κ2) is 5.46. The number of hydrogen-bond acceptors (Lipinski definition) is 4. The van der Waals surface area contributed by atoms with E-state index in [1.54, 1.807) is 18.3 Å². The van der Waals surface area contributed by atoms with Crippen LogP contribution in [0.4, 0.5) is 5.82 Å². The van der Waals surface area contributed by atoms with E-state index < -0.39 is 10.0 Å².